The van der Waals surface area contributed by atoms with E-state index in [0.29, 0.717) is 28.9 Å². The molecule has 1 aromatic carbocycles. The molecule has 2 aliphatic carbocycles. The summed E-state index contributed by atoms with van der Waals surface area (Å²) in [6.07, 6.45) is 4.40. The van der Waals surface area contributed by atoms with E-state index in [-0.39, 0.29) is 11.8 Å². The molecule has 0 radical (unpaired) electrons. The standard InChI is InChI=1S/C19H25NO5/c1-23-15-7-6-13(10-16(15)24-2)17(19(22)25-3)20-18(21)14-9-11-4-5-12(14)8-11/h6-7,10-12,14,17H,4-5,8-9H2,1-3H3,(H,20,21). The summed E-state index contributed by atoms with van der Waals surface area (Å²) < 4.78 is 15.4. The fourth-order valence-electron chi connectivity index (χ4n) is 4.24. The molecular weight excluding hydrogens is 322 g/mol. The summed E-state index contributed by atoms with van der Waals surface area (Å²) in [7, 11) is 4.40. The maximum Gasteiger partial charge on any atom is 0.333 e. The molecule has 3 rings (SSSR count). The van der Waals surface area contributed by atoms with Gasteiger partial charge in [-0.2, -0.15) is 0 Å². The highest BCUT2D eigenvalue weighted by Gasteiger charge is 2.44. The Morgan fingerprint density at radius 3 is 2.40 bits per heavy atom. The molecule has 1 aromatic rings. The molecule has 25 heavy (non-hydrogen) atoms. The minimum atomic E-state index is -0.851. The maximum absolute atomic E-state index is 12.7. The number of methoxy groups -OCH3 is 3. The molecule has 2 saturated carbocycles. The topological polar surface area (TPSA) is 73.9 Å². The van der Waals surface area contributed by atoms with Crippen molar-refractivity contribution < 1.29 is 23.8 Å². The molecule has 6 nitrogen and oxygen atoms in total. The lowest BCUT2D eigenvalue weighted by molar-refractivity contribution is -0.146. The zero-order valence-electron chi connectivity index (χ0n) is 14.9. The van der Waals surface area contributed by atoms with Crippen LogP contribution in [0.3, 0.4) is 0 Å². The molecule has 2 bridgehead atoms. The summed E-state index contributed by atoms with van der Waals surface area (Å²) in [5, 5.41) is 2.89. The average Bonchev–Trinajstić information content (AvgIpc) is 3.28. The number of hydrogen-bond donors (Lipinski definition) is 1. The van der Waals surface area contributed by atoms with E-state index in [2.05, 4.69) is 5.32 Å². The third-order valence-corrected chi connectivity index (χ3v) is 5.54. The van der Waals surface area contributed by atoms with Crippen LogP contribution in [0.4, 0.5) is 0 Å². The molecule has 1 amide bonds. The van der Waals surface area contributed by atoms with Gasteiger partial charge in [0.25, 0.3) is 0 Å². The lowest BCUT2D eigenvalue weighted by atomic mass is 9.88. The minimum absolute atomic E-state index is 0.00560. The Labute approximate surface area is 147 Å². The second-order valence-corrected chi connectivity index (χ2v) is 6.86. The van der Waals surface area contributed by atoms with Crippen molar-refractivity contribution in [2.24, 2.45) is 17.8 Å². The summed E-state index contributed by atoms with van der Waals surface area (Å²) in [6, 6.07) is 4.30. The Balaban J connectivity index is 1.80. The average molecular weight is 347 g/mol. The van der Waals surface area contributed by atoms with Crippen LogP contribution in [0.5, 0.6) is 11.5 Å². The van der Waals surface area contributed by atoms with Gasteiger partial charge in [-0.25, -0.2) is 4.79 Å². The van der Waals surface area contributed by atoms with Gasteiger partial charge in [-0.15, -0.1) is 0 Å². The van der Waals surface area contributed by atoms with Crippen molar-refractivity contribution in [2.75, 3.05) is 21.3 Å². The molecule has 136 valence electrons. The first kappa shape index (κ1) is 17.6. The zero-order chi connectivity index (χ0) is 18.0. The SMILES string of the molecule is COC(=O)C(NC(=O)C1CC2CCC1C2)c1ccc(OC)c(OC)c1. The van der Waals surface area contributed by atoms with Crippen LogP contribution in [0.25, 0.3) is 0 Å². The van der Waals surface area contributed by atoms with Crippen LogP contribution in [0.2, 0.25) is 0 Å². The minimum Gasteiger partial charge on any atom is -0.493 e. The number of ether oxygens (including phenoxy) is 3. The Morgan fingerprint density at radius 2 is 1.84 bits per heavy atom. The number of fused-ring (bicyclic) bond motifs is 2. The second-order valence-electron chi connectivity index (χ2n) is 6.86. The molecule has 2 fully saturated rings. The number of hydrogen-bond acceptors (Lipinski definition) is 5. The smallest absolute Gasteiger partial charge is 0.333 e. The molecule has 0 aliphatic heterocycles. The van der Waals surface area contributed by atoms with Gasteiger partial charge in [-0.1, -0.05) is 12.5 Å². The second kappa shape index (κ2) is 7.33. The molecule has 1 N–H and O–H groups in total. The predicted octanol–water partition coefficient (Wildman–Crippen LogP) is 2.47. The van der Waals surface area contributed by atoms with Crippen molar-refractivity contribution in [3.05, 3.63) is 23.8 Å². The van der Waals surface area contributed by atoms with E-state index >= 15 is 0 Å². The first-order valence-corrected chi connectivity index (χ1v) is 8.67. The number of nitrogens with one attached hydrogen (secondary N) is 1. The Bertz CT molecular complexity index is 659. The third kappa shape index (κ3) is 3.43. The normalized spacial score (nSPS) is 25.3. The number of amides is 1. The largest absolute Gasteiger partial charge is 0.493 e. The summed E-state index contributed by atoms with van der Waals surface area (Å²) in [5.41, 5.74) is 0.612. The fourth-order valence-corrected chi connectivity index (χ4v) is 4.24. The molecule has 4 atom stereocenters. The van der Waals surface area contributed by atoms with Gasteiger partial charge < -0.3 is 19.5 Å². The molecule has 4 unspecified atom stereocenters. The van der Waals surface area contributed by atoms with Gasteiger partial charge in [0.1, 0.15) is 0 Å². The van der Waals surface area contributed by atoms with Crippen molar-refractivity contribution in [1.82, 2.24) is 5.32 Å². The van der Waals surface area contributed by atoms with Gasteiger partial charge >= 0.3 is 5.97 Å². The molecule has 0 saturated heterocycles. The summed E-state index contributed by atoms with van der Waals surface area (Å²) >= 11 is 0. The van der Waals surface area contributed by atoms with E-state index in [4.69, 9.17) is 14.2 Å². The van der Waals surface area contributed by atoms with Crippen LogP contribution in [-0.2, 0) is 14.3 Å². The lowest BCUT2D eigenvalue weighted by Gasteiger charge is -2.24. The maximum atomic E-state index is 12.7. The van der Waals surface area contributed by atoms with Crippen LogP contribution in [-0.4, -0.2) is 33.2 Å². The van der Waals surface area contributed by atoms with Crippen LogP contribution in [0, 0.1) is 17.8 Å². The van der Waals surface area contributed by atoms with E-state index in [1.165, 1.54) is 20.6 Å². The monoisotopic (exact) mass is 347 g/mol. The van der Waals surface area contributed by atoms with Crippen molar-refractivity contribution >= 4 is 11.9 Å². The predicted molar refractivity (Wildman–Crippen MR) is 91.4 cm³/mol. The van der Waals surface area contributed by atoms with E-state index < -0.39 is 12.0 Å². The van der Waals surface area contributed by atoms with Gasteiger partial charge in [0.15, 0.2) is 17.5 Å². The molecule has 2 aliphatic rings. The van der Waals surface area contributed by atoms with Gasteiger partial charge in [0, 0.05) is 5.92 Å². The lowest BCUT2D eigenvalue weighted by Crippen LogP contribution is -2.39. The van der Waals surface area contributed by atoms with Gasteiger partial charge in [-0.3, -0.25) is 4.79 Å². The molecular formula is C19H25NO5. The number of rotatable bonds is 6. The van der Waals surface area contributed by atoms with Crippen molar-refractivity contribution in [1.29, 1.82) is 0 Å². The van der Waals surface area contributed by atoms with E-state index in [0.717, 1.165) is 19.3 Å². The highest BCUT2D eigenvalue weighted by molar-refractivity contribution is 5.87. The van der Waals surface area contributed by atoms with Crippen LogP contribution >= 0.6 is 0 Å². The number of benzene rings is 1. The highest BCUT2D eigenvalue weighted by atomic mass is 16.5. The fraction of sp³-hybridized carbons (Fsp3) is 0.579. The van der Waals surface area contributed by atoms with Gasteiger partial charge in [-0.05, 0) is 48.8 Å². The number of carbonyl (C=O) groups is 2. The van der Waals surface area contributed by atoms with E-state index in [1.807, 2.05) is 0 Å². The van der Waals surface area contributed by atoms with Gasteiger partial charge in [0.2, 0.25) is 5.91 Å². The van der Waals surface area contributed by atoms with E-state index in [1.54, 1.807) is 25.3 Å². The molecule has 0 heterocycles. The highest BCUT2D eigenvalue weighted by Crippen LogP contribution is 2.48. The molecule has 0 aromatic heterocycles. The Morgan fingerprint density at radius 1 is 1.08 bits per heavy atom. The van der Waals surface area contributed by atoms with Crippen LogP contribution in [0.15, 0.2) is 18.2 Å². The van der Waals surface area contributed by atoms with Crippen molar-refractivity contribution in [3.8, 4) is 11.5 Å². The number of carbonyl (C=O) groups excluding carboxylic acids is 2. The zero-order valence-corrected chi connectivity index (χ0v) is 14.9. The number of esters is 1. The first-order chi connectivity index (χ1) is 12.1. The first-order valence-electron chi connectivity index (χ1n) is 8.67. The van der Waals surface area contributed by atoms with E-state index in [9.17, 15) is 9.59 Å². The summed E-state index contributed by atoms with van der Waals surface area (Å²) in [5.74, 6) is 1.64. The third-order valence-electron chi connectivity index (χ3n) is 5.54. The summed E-state index contributed by atoms with van der Waals surface area (Å²) in [4.78, 5) is 25.0. The van der Waals surface area contributed by atoms with Crippen molar-refractivity contribution in [2.45, 2.75) is 31.7 Å². The van der Waals surface area contributed by atoms with Gasteiger partial charge in [0.05, 0.1) is 21.3 Å². The quantitative estimate of drug-likeness (QED) is 0.800. The Hall–Kier alpha value is -2.24. The molecule has 0 spiro atoms. The van der Waals surface area contributed by atoms with Crippen LogP contribution in [0.1, 0.15) is 37.3 Å². The van der Waals surface area contributed by atoms with Crippen LogP contribution < -0.4 is 14.8 Å². The van der Waals surface area contributed by atoms with Crippen molar-refractivity contribution in [3.63, 3.8) is 0 Å². The summed E-state index contributed by atoms with van der Waals surface area (Å²) in [6.45, 7) is 0. The Kier molecular flexibility index (Phi) is 5.16. The molecule has 6 heteroatoms.